The largest absolute Gasteiger partial charge is 0.876 e. The minimum absolute atomic E-state index is 0. The fourth-order valence-electron chi connectivity index (χ4n) is 0.572. The monoisotopic (exact) mass is 418 g/mol. The molecule has 0 aliphatic heterocycles. The molecule has 0 aromatic carbocycles. The topological polar surface area (TPSA) is 128 Å². The zero-order chi connectivity index (χ0) is 21.6. The van der Waals surface area contributed by atoms with Crippen LogP contribution in [0.2, 0.25) is 0 Å². The fourth-order valence-corrected chi connectivity index (χ4v) is 0.572. The number of hydrogen-bond acceptors (Lipinski definition) is 6. The van der Waals surface area contributed by atoms with Crippen LogP contribution in [0.5, 0.6) is 0 Å². The van der Waals surface area contributed by atoms with E-state index < -0.39 is 7.25 Å². The average Bonchev–Trinajstić information content (AvgIpc) is 2.24. The third kappa shape index (κ3) is 282. The van der Waals surface area contributed by atoms with Gasteiger partial charge in [0, 0.05) is 32.4 Å². The van der Waals surface area contributed by atoms with Crippen molar-refractivity contribution in [2.75, 3.05) is 0 Å². The molecule has 1 radical (unpaired) electrons. The van der Waals surface area contributed by atoms with E-state index in [1.54, 1.807) is 12.1 Å². The molecule has 6 nitrogen and oxygen atoms in total. The quantitative estimate of drug-likeness (QED) is 0.292. The van der Waals surface area contributed by atoms with E-state index in [2.05, 4.69) is 0 Å². The summed E-state index contributed by atoms with van der Waals surface area (Å²) in [6.45, 7) is 8.26. The second kappa shape index (κ2) is 27.6. The third-order valence-electron chi connectivity index (χ3n) is 0.813. The first-order chi connectivity index (χ1) is 11.1. The molecule has 0 bridgehead atoms. The molecule has 0 aromatic heterocycles. The van der Waals surface area contributed by atoms with E-state index in [9.17, 15) is 37.1 Å². The third-order valence-corrected chi connectivity index (χ3v) is 0.813. The average molecular weight is 418 g/mol. The van der Waals surface area contributed by atoms with Crippen LogP contribution < -0.4 is 10.2 Å². The van der Waals surface area contributed by atoms with Gasteiger partial charge >= 0.3 is 7.25 Å². The molecule has 0 aliphatic carbocycles. The summed E-state index contributed by atoms with van der Waals surface area (Å²) in [5.41, 5.74) is 0. The summed E-state index contributed by atoms with van der Waals surface area (Å²) in [5, 5.41) is 34.6. The van der Waals surface area contributed by atoms with Crippen molar-refractivity contribution in [3.63, 3.8) is 0 Å². The fraction of sp³-hybridized carbons (Fsp3) is 0.429. The molecule has 0 atom stereocenters. The van der Waals surface area contributed by atoms with Crippen LogP contribution in [-0.4, -0.2) is 18.8 Å². The van der Waals surface area contributed by atoms with Gasteiger partial charge in [0.1, 0.15) is 0 Å². The second-order valence-corrected chi connectivity index (χ2v) is 3.67. The van der Waals surface area contributed by atoms with Gasteiger partial charge in [-0.1, -0.05) is 13.8 Å². The van der Waals surface area contributed by atoms with Gasteiger partial charge in [-0.05, 0) is 26.0 Å². The van der Waals surface area contributed by atoms with Crippen molar-refractivity contribution < 1.29 is 55.6 Å². The zero-order valence-electron chi connectivity index (χ0n) is 15.2. The van der Waals surface area contributed by atoms with Gasteiger partial charge in [0.15, 0.2) is 11.6 Å². The smallest absolute Gasteiger partial charge is 0.673 e. The standard InChI is InChI=1S/2C5H8O2.2C2H3N.BF4.V/c2*1-4(6)3-5(2)7;2*1-2-3;2-1(3,4)5;/h2*3,6H,1-2H3;2*1H3;;/q;;;;-1;/p-2/b2*4-3-;;;;. The Labute approximate surface area is 162 Å². The summed E-state index contributed by atoms with van der Waals surface area (Å²) in [6.07, 6.45) is 2.11. The van der Waals surface area contributed by atoms with Crippen molar-refractivity contribution in [2.24, 2.45) is 0 Å². The van der Waals surface area contributed by atoms with E-state index in [4.69, 9.17) is 10.5 Å². The van der Waals surface area contributed by atoms with Crippen molar-refractivity contribution in [1.29, 1.82) is 10.5 Å². The van der Waals surface area contributed by atoms with Gasteiger partial charge in [0.2, 0.25) is 0 Å². The van der Waals surface area contributed by atoms with Crippen molar-refractivity contribution in [1.82, 2.24) is 0 Å². The molecule has 0 amide bonds. The molecule has 0 rings (SSSR count). The molecule has 0 aliphatic rings. The normalized spacial score (nSPS) is 9.08. The summed E-state index contributed by atoms with van der Waals surface area (Å²) in [7, 11) is -6.00. The van der Waals surface area contributed by atoms with Gasteiger partial charge < -0.3 is 27.5 Å². The van der Waals surface area contributed by atoms with Crippen LogP contribution >= 0.6 is 0 Å². The van der Waals surface area contributed by atoms with Crippen LogP contribution in [0.15, 0.2) is 23.7 Å². The predicted octanol–water partition coefficient (Wildman–Crippen LogP) is 2.04. The first-order valence-corrected chi connectivity index (χ1v) is 6.29. The summed E-state index contributed by atoms with van der Waals surface area (Å²) in [6, 6.07) is 3.50. The van der Waals surface area contributed by atoms with E-state index >= 15 is 0 Å². The molecule has 0 N–H and O–H groups in total. The zero-order valence-corrected chi connectivity index (χ0v) is 16.6. The Morgan fingerprint density at radius 2 is 0.923 bits per heavy atom. The maximum Gasteiger partial charge on any atom is 0.673 e. The number of rotatable bonds is 2. The number of carbonyl (C=O) groups is 2. The number of hydrogen-bond donors (Lipinski definition) is 0. The Hall–Kier alpha value is -2.23. The Bertz CT molecular complexity index is 457. The number of nitriles is 2. The van der Waals surface area contributed by atoms with E-state index in [1.807, 2.05) is 0 Å². The Balaban J connectivity index is -0.0000000498. The van der Waals surface area contributed by atoms with Crippen molar-refractivity contribution >= 4 is 18.8 Å². The minimum atomic E-state index is -6.00. The van der Waals surface area contributed by atoms with Gasteiger partial charge in [0.25, 0.3) is 0 Å². The summed E-state index contributed by atoms with van der Waals surface area (Å²) in [5.74, 6) is -0.750. The molecule has 0 spiro atoms. The van der Waals surface area contributed by atoms with Crippen LogP contribution in [-0.2, 0) is 28.1 Å². The van der Waals surface area contributed by atoms with Gasteiger partial charge in [-0.25, -0.2) is 0 Å². The van der Waals surface area contributed by atoms with Crippen LogP contribution in [0.1, 0.15) is 41.5 Å². The van der Waals surface area contributed by atoms with Gasteiger partial charge in [-0.15, -0.1) is 11.5 Å². The number of ketones is 2. The molecule has 149 valence electrons. The van der Waals surface area contributed by atoms with Crippen molar-refractivity contribution in [3.8, 4) is 12.1 Å². The Kier molecular flexibility index (Phi) is 41.4. The second-order valence-electron chi connectivity index (χ2n) is 3.67. The summed E-state index contributed by atoms with van der Waals surface area (Å²) < 4.78 is 39.0. The van der Waals surface area contributed by atoms with Crippen molar-refractivity contribution in [2.45, 2.75) is 41.5 Å². The number of allylic oxidation sites excluding steroid dienone is 4. The SMILES string of the molecule is CC#N.CC#N.CC(=O)/C=C(/C)[O-].CC(=O)/C=C(/C)[O-].F[B-](F)(F)F.[V]. The van der Waals surface area contributed by atoms with Gasteiger partial charge in [-0.2, -0.15) is 10.5 Å². The molecule has 0 saturated heterocycles. The molecular formula is C14H20BF4N2O4V-3. The molecule has 0 saturated carbocycles. The molecule has 0 fully saturated rings. The van der Waals surface area contributed by atoms with E-state index in [0.29, 0.717) is 0 Å². The maximum absolute atomic E-state index is 9.98. The molecule has 0 unspecified atom stereocenters. The molecule has 0 aromatic rings. The molecule has 12 heteroatoms. The van der Waals surface area contributed by atoms with E-state index in [1.165, 1.54) is 41.5 Å². The van der Waals surface area contributed by atoms with Gasteiger partial charge in [-0.3, -0.25) is 9.59 Å². The van der Waals surface area contributed by atoms with E-state index in [0.717, 1.165) is 12.2 Å². The molecular weight excluding hydrogens is 398 g/mol. The Morgan fingerprint density at radius 1 is 0.808 bits per heavy atom. The van der Waals surface area contributed by atoms with E-state index in [-0.39, 0.29) is 41.6 Å². The summed E-state index contributed by atoms with van der Waals surface area (Å²) >= 11 is 0. The van der Waals surface area contributed by atoms with Crippen LogP contribution in [0.4, 0.5) is 17.3 Å². The first kappa shape index (κ1) is 39.0. The summed E-state index contributed by atoms with van der Waals surface area (Å²) in [4.78, 5) is 20.0. The van der Waals surface area contributed by atoms with Crippen molar-refractivity contribution in [3.05, 3.63) is 23.7 Å². The predicted molar refractivity (Wildman–Crippen MR) is 81.6 cm³/mol. The number of nitrogens with zero attached hydrogens (tertiary/aromatic N) is 2. The van der Waals surface area contributed by atoms with Crippen LogP contribution in [0.3, 0.4) is 0 Å². The van der Waals surface area contributed by atoms with Gasteiger partial charge in [0.05, 0.1) is 12.1 Å². The maximum atomic E-state index is 9.98. The molecule has 26 heavy (non-hydrogen) atoms. The minimum Gasteiger partial charge on any atom is -0.876 e. The van der Waals surface area contributed by atoms with Crippen LogP contribution in [0, 0.1) is 22.7 Å². The first-order valence-electron chi connectivity index (χ1n) is 6.29. The molecule has 0 heterocycles. The van der Waals surface area contributed by atoms with Crippen LogP contribution in [0.25, 0.3) is 0 Å². The Morgan fingerprint density at radius 3 is 0.923 bits per heavy atom. The number of carbonyl (C=O) groups excluding carboxylic acids is 2. The number of halogens is 4.